The zero-order valence-corrected chi connectivity index (χ0v) is 10.00. The highest BCUT2D eigenvalue weighted by Gasteiger charge is 2.05. The predicted molar refractivity (Wildman–Crippen MR) is 69.7 cm³/mol. The number of nitrogens with zero attached hydrogens (tertiary/aromatic N) is 1. The molecule has 0 heterocycles. The lowest BCUT2D eigenvalue weighted by Gasteiger charge is -2.06. The van der Waals surface area contributed by atoms with E-state index < -0.39 is 4.92 Å². The van der Waals surface area contributed by atoms with Crippen LogP contribution in [0, 0.1) is 10.1 Å². The summed E-state index contributed by atoms with van der Waals surface area (Å²) in [5.41, 5.74) is 2.01. The Balaban J connectivity index is 2.30. The lowest BCUT2D eigenvalue weighted by molar-refractivity contribution is -0.384. The molecule has 0 radical (unpaired) electrons. The van der Waals surface area contributed by atoms with Crippen molar-refractivity contribution in [2.75, 3.05) is 6.61 Å². The first-order chi connectivity index (χ1) is 8.70. The summed E-state index contributed by atoms with van der Waals surface area (Å²) in [6.45, 7) is 2.54. The topological polar surface area (TPSA) is 52.4 Å². The summed E-state index contributed by atoms with van der Waals surface area (Å²) in [6, 6.07) is 14.1. The van der Waals surface area contributed by atoms with Gasteiger partial charge >= 0.3 is 0 Å². The van der Waals surface area contributed by atoms with Crippen molar-refractivity contribution in [3.05, 3.63) is 58.6 Å². The van der Waals surface area contributed by atoms with Gasteiger partial charge in [-0.25, -0.2) is 0 Å². The Hall–Kier alpha value is -2.36. The fraction of sp³-hybridized carbons (Fsp3) is 0.143. The SMILES string of the molecule is CCOc1cccc(-c2ccc([N+](=O)[O-])cc2)c1. The van der Waals surface area contributed by atoms with Crippen LogP contribution in [0.25, 0.3) is 11.1 Å². The lowest BCUT2D eigenvalue weighted by Crippen LogP contribution is -1.91. The van der Waals surface area contributed by atoms with Gasteiger partial charge in [-0.15, -0.1) is 0 Å². The van der Waals surface area contributed by atoms with E-state index >= 15 is 0 Å². The lowest BCUT2D eigenvalue weighted by atomic mass is 10.1. The minimum atomic E-state index is -0.402. The summed E-state index contributed by atoms with van der Waals surface area (Å²) in [4.78, 5) is 10.2. The van der Waals surface area contributed by atoms with E-state index in [4.69, 9.17) is 4.74 Å². The Morgan fingerprint density at radius 2 is 1.83 bits per heavy atom. The van der Waals surface area contributed by atoms with Crippen molar-refractivity contribution in [1.82, 2.24) is 0 Å². The number of benzene rings is 2. The largest absolute Gasteiger partial charge is 0.494 e. The number of hydrogen-bond donors (Lipinski definition) is 0. The van der Waals surface area contributed by atoms with Gasteiger partial charge in [0.25, 0.3) is 5.69 Å². The Kier molecular flexibility index (Phi) is 3.57. The number of non-ortho nitro benzene ring substituents is 1. The van der Waals surface area contributed by atoms with Crippen LogP contribution in [0.1, 0.15) is 6.92 Å². The van der Waals surface area contributed by atoms with Gasteiger partial charge < -0.3 is 4.74 Å². The third-order valence-corrected chi connectivity index (χ3v) is 2.56. The molecule has 0 atom stereocenters. The van der Waals surface area contributed by atoms with Crippen LogP contribution < -0.4 is 4.74 Å². The van der Waals surface area contributed by atoms with Gasteiger partial charge in [-0.2, -0.15) is 0 Å². The molecule has 92 valence electrons. The summed E-state index contributed by atoms with van der Waals surface area (Å²) in [5.74, 6) is 0.799. The first-order valence-corrected chi connectivity index (χ1v) is 5.68. The minimum absolute atomic E-state index is 0.0970. The molecule has 4 heteroatoms. The maximum Gasteiger partial charge on any atom is 0.269 e. The molecule has 4 nitrogen and oxygen atoms in total. The molecular formula is C14H13NO3. The Morgan fingerprint density at radius 1 is 1.11 bits per heavy atom. The zero-order valence-electron chi connectivity index (χ0n) is 10.00. The third kappa shape index (κ3) is 2.66. The Labute approximate surface area is 105 Å². The molecule has 0 N–H and O–H groups in total. The fourth-order valence-electron chi connectivity index (χ4n) is 1.71. The first-order valence-electron chi connectivity index (χ1n) is 5.68. The Bertz CT molecular complexity index is 549. The maximum atomic E-state index is 10.6. The number of ether oxygens (including phenoxy) is 1. The molecule has 0 aliphatic rings. The van der Waals surface area contributed by atoms with E-state index in [-0.39, 0.29) is 5.69 Å². The van der Waals surface area contributed by atoms with E-state index in [1.165, 1.54) is 12.1 Å². The molecular weight excluding hydrogens is 230 g/mol. The highest BCUT2D eigenvalue weighted by molar-refractivity contribution is 5.66. The van der Waals surface area contributed by atoms with Gasteiger partial charge in [0.05, 0.1) is 11.5 Å². The van der Waals surface area contributed by atoms with Crippen molar-refractivity contribution < 1.29 is 9.66 Å². The average Bonchev–Trinajstić information content (AvgIpc) is 2.39. The number of hydrogen-bond acceptors (Lipinski definition) is 3. The second-order valence-corrected chi connectivity index (χ2v) is 3.76. The average molecular weight is 243 g/mol. The molecule has 0 saturated carbocycles. The normalized spacial score (nSPS) is 10.1. The molecule has 0 amide bonds. The van der Waals surface area contributed by atoms with Gasteiger partial charge in [0.15, 0.2) is 0 Å². The molecule has 0 aliphatic carbocycles. The van der Waals surface area contributed by atoms with Crippen molar-refractivity contribution in [2.45, 2.75) is 6.92 Å². The van der Waals surface area contributed by atoms with Crippen LogP contribution in [0.5, 0.6) is 5.75 Å². The minimum Gasteiger partial charge on any atom is -0.494 e. The van der Waals surface area contributed by atoms with Crippen LogP contribution in [0.15, 0.2) is 48.5 Å². The van der Waals surface area contributed by atoms with Crippen LogP contribution >= 0.6 is 0 Å². The van der Waals surface area contributed by atoms with Crippen LogP contribution in [-0.2, 0) is 0 Å². The summed E-state index contributed by atoms with van der Waals surface area (Å²) >= 11 is 0. The van der Waals surface area contributed by atoms with Gasteiger partial charge in [0, 0.05) is 12.1 Å². The molecule has 0 aromatic heterocycles. The molecule has 2 rings (SSSR count). The second kappa shape index (κ2) is 5.31. The zero-order chi connectivity index (χ0) is 13.0. The van der Waals surface area contributed by atoms with Crippen LogP contribution in [0.3, 0.4) is 0 Å². The van der Waals surface area contributed by atoms with Crippen molar-refractivity contribution in [3.63, 3.8) is 0 Å². The number of nitro benzene ring substituents is 1. The van der Waals surface area contributed by atoms with Gasteiger partial charge in [-0.05, 0) is 42.3 Å². The molecule has 0 aliphatic heterocycles. The summed E-state index contributed by atoms with van der Waals surface area (Å²) in [7, 11) is 0. The molecule has 0 spiro atoms. The molecule has 0 unspecified atom stereocenters. The monoisotopic (exact) mass is 243 g/mol. The number of nitro groups is 1. The molecule has 0 fully saturated rings. The van der Waals surface area contributed by atoms with E-state index in [9.17, 15) is 10.1 Å². The van der Waals surface area contributed by atoms with Gasteiger partial charge in [-0.3, -0.25) is 10.1 Å². The van der Waals surface area contributed by atoms with Gasteiger partial charge in [0.2, 0.25) is 0 Å². The second-order valence-electron chi connectivity index (χ2n) is 3.76. The summed E-state index contributed by atoms with van der Waals surface area (Å²) < 4.78 is 5.42. The van der Waals surface area contributed by atoms with Crippen molar-refractivity contribution in [3.8, 4) is 16.9 Å². The van der Waals surface area contributed by atoms with E-state index in [1.54, 1.807) is 12.1 Å². The highest BCUT2D eigenvalue weighted by atomic mass is 16.6. The fourth-order valence-corrected chi connectivity index (χ4v) is 1.71. The van der Waals surface area contributed by atoms with E-state index in [2.05, 4.69) is 0 Å². The third-order valence-electron chi connectivity index (χ3n) is 2.56. The molecule has 2 aromatic rings. The number of rotatable bonds is 4. The summed E-state index contributed by atoms with van der Waals surface area (Å²) in [6.07, 6.45) is 0. The maximum absolute atomic E-state index is 10.6. The van der Waals surface area contributed by atoms with Gasteiger partial charge in [-0.1, -0.05) is 12.1 Å². The standard InChI is InChI=1S/C14H13NO3/c1-2-18-14-5-3-4-12(10-14)11-6-8-13(9-7-11)15(16)17/h3-10H,2H2,1H3. The summed E-state index contributed by atoms with van der Waals surface area (Å²) in [5, 5.41) is 10.6. The quantitative estimate of drug-likeness (QED) is 0.608. The van der Waals surface area contributed by atoms with Crippen molar-refractivity contribution in [1.29, 1.82) is 0 Å². The first kappa shape index (κ1) is 12.1. The highest BCUT2D eigenvalue weighted by Crippen LogP contribution is 2.25. The van der Waals surface area contributed by atoms with Crippen LogP contribution in [-0.4, -0.2) is 11.5 Å². The molecule has 18 heavy (non-hydrogen) atoms. The van der Waals surface area contributed by atoms with E-state index in [0.29, 0.717) is 6.61 Å². The Morgan fingerprint density at radius 3 is 2.44 bits per heavy atom. The smallest absolute Gasteiger partial charge is 0.269 e. The van der Waals surface area contributed by atoms with Crippen molar-refractivity contribution in [2.24, 2.45) is 0 Å². The van der Waals surface area contributed by atoms with Crippen molar-refractivity contribution >= 4 is 5.69 Å². The van der Waals surface area contributed by atoms with Gasteiger partial charge in [0.1, 0.15) is 5.75 Å². The van der Waals surface area contributed by atoms with E-state index in [1.807, 2.05) is 31.2 Å². The predicted octanol–water partition coefficient (Wildman–Crippen LogP) is 3.66. The van der Waals surface area contributed by atoms with Crippen LogP contribution in [0.2, 0.25) is 0 Å². The van der Waals surface area contributed by atoms with Crippen LogP contribution in [0.4, 0.5) is 5.69 Å². The molecule has 0 bridgehead atoms. The van der Waals surface area contributed by atoms with E-state index in [0.717, 1.165) is 16.9 Å². The molecule has 2 aromatic carbocycles. The molecule has 0 saturated heterocycles.